The maximum atomic E-state index is 11.4. The molecule has 34 heavy (non-hydrogen) atoms. The van der Waals surface area contributed by atoms with Crippen molar-refractivity contribution in [1.29, 1.82) is 0 Å². The van der Waals surface area contributed by atoms with E-state index in [1.807, 2.05) is 12.1 Å². The summed E-state index contributed by atoms with van der Waals surface area (Å²) in [5.41, 5.74) is 0. The predicted octanol–water partition coefficient (Wildman–Crippen LogP) is 6.37. The maximum absolute atomic E-state index is 11.4. The first-order valence-electron chi connectivity index (χ1n) is 12.7. The van der Waals surface area contributed by atoms with E-state index in [-0.39, 0.29) is 22.8 Å². The van der Waals surface area contributed by atoms with E-state index < -0.39 is 14.4 Å². The molecule has 0 spiro atoms. The number of aliphatic hydroxyl groups excluding tert-OH is 1. The molecule has 1 N–H and O–H groups in total. The van der Waals surface area contributed by atoms with Crippen LogP contribution in [0, 0.1) is 11.8 Å². The summed E-state index contributed by atoms with van der Waals surface area (Å²) in [7, 11) is -2.61. The molecule has 0 amide bonds. The van der Waals surface area contributed by atoms with Gasteiger partial charge in [0.1, 0.15) is 5.76 Å². The van der Waals surface area contributed by atoms with Gasteiger partial charge in [-0.3, -0.25) is 0 Å². The molecule has 0 aliphatic rings. The van der Waals surface area contributed by atoms with Crippen molar-refractivity contribution in [3.8, 4) is 0 Å². The van der Waals surface area contributed by atoms with Gasteiger partial charge in [0.15, 0.2) is 0 Å². The van der Waals surface area contributed by atoms with Gasteiger partial charge in [-0.25, -0.2) is 0 Å². The van der Waals surface area contributed by atoms with Crippen molar-refractivity contribution in [3.05, 3.63) is 84.8 Å². The highest BCUT2D eigenvalue weighted by atomic mass is 28.4. The standard InChI is InChI=1S/C30H42O3Si/c1-7-25(29(31)24(3)21-23(2)28-19-14-20-32-28)22-33-34(30(4,5)6,26-15-10-8-11-16-26)27-17-12-9-13-18-27/h8-20,23-25,29,31H,7,21-22H2,1-6H3/t23-,24+,25+,29+/m1/s1. The van der Waals surface area contributed by atoms with Crippen LogP contribution in [0.2, 0.25) is 5.04 Å². The molecule has 3 aromatic rings. The van der Waals surface area contributed by atoms with Crippen LogP contribution in [0.25, 0.3) is 0 Å². The molecular weight excluding hydrogens is 436 g/mol. The molecule has 0 radical (unpaired) electrons. The molecular formula is C30H42O3Si. The summed E-state index contributed by atoms with van der Waals surface area (Å²) in [4.78, 5) is 0. The van der Waals surface area contributed by atoms with Crippen LogP contribution in [0.1, 0.15) is 66.1 Å². The van der Waals surface area contributed by atoms with Gasteiger partial charge in [-0.1, -0.05) is 102 Å². The molecule has 3 rings (SSSR count). The van der Waals surface area contributed by atoms with Crippen molar-refractivity contribution >= 4 is 18.7 Å². The van der Waals surface area contributed by atoms with Gasteiger partial charge >= 0.3 is 0 Å². The second-order valence-electron chi connectivity index (χ2n) is 10.8. The van der Waals surface area contributed by atoms with Gasteiger partial charge in [-0.15, -0.1) is 0 Å². The molecule has 1 heterocycles. The molecule has 1 aromatic heterocycles. The van der Waals surface area contributed by atoms with E-state index >= 15 is 0 Å². The summed E-state index contributed by atoms with van der Waals surface area (Å²) in [5, 5.41) is 13.8. The fourth-order valence-electron chi connectivity index (χ4n) is 5.30. The van der Waals surface area contributed by atoms with Crippen molar-refractivity contribution in [2.75, 3.05) is 6.61 Å². The lowest BCUT2D eigenvalue weighted by atomic mass is 9.84. The summed E-state index contributed by atoms with van der Waals surface area (Å²) < 4.78 is 12.7. The van der Waals surface area contributed by atoms with E-state index in [1.165, 1.54) is 10.4 Å². The zero-order chi connectivity index (χ0) is 24.8. The van der Waals surface area contributed by atoms with Crippen LogP contribution >= 0.6 is 0 Å². The summed E-state index contributed by atoms with van der Waals surface area (Å²) in [6.45, 7) is 13.9. The Morgan fingerprint density at radius 2 is 1.44 bits per heavy atom. The summed E-state index contributed by atoms with van der Waals surface area (Å²) in [6.07, 6.45) is 3.04. The number of aliphatic hydroxyl groups is 1. The van der Waals surface area contributed by atoms with Gasteiger partial charge in [0.25, 0.3) is 8.32 Å². The van der Waals surface area contributed by atoms with Crippen LogP contribution in [0.3, 0.4) is 0 Å². The number of hydrogen-bond acceptors (Lipinski definition) is 3. The minimum Gasteiger partial charge on any atom is -0.469 e. The first-order valence-corrected chi connectivity index (χ1v) is 14.6. The summed E-state index contributed by atoms with van der Waals surface area (Å²) >= 11 is 0. The van der Waals surface area contributed by atoms with E-state index in [0.29, 0.717) is 6.61 Å². The molecule has 0 saturated carbocycles. The van der Waals surface area contributed by atoms with Crippen LogP contribution < -0.4 is 10.4 Å². The minimum absolute atomic E-state index is 0.0699. The van der Waals surface area contributed by atoms with E-state index in [4.69, 9.17) is 8.84 Å². The van der Waals surface area contributed by atoms with Gasteiger partial charge in [-0.05, 0) is 46.3 Å². The highest BCUT2D eigenvalue weighted by molar-refractivity contribution is 6.99. The SMILES string of the molecule is CC[C@@H](CO[Si](c1ccccc1)(c1ccccc1)C(C)(C)C)[C@@H](O)[C@@H](C)C[C@@H](C)c1ccco1. The Kier molecular flexibility index (Phi) is 8.97. The maximum Gasteiger partial charge on any atom is 0.261 e. The second-order valence-corrected chi connectivity index (χ2v) is 15.1. The van der Waals surface area contributed by atoms with Crippen LogP contribution in [0.4, 0.5) is 0 Å². The molecule has 3 nitrogen and oxygen atoms in total. The summed E-state index contributed by atoms with van der Waals surface area (Å²) in [5.74, 6) is 1.47. The van der Waals surface area contributed by atoms with Crippen LogP contribution in [0.15, 0.2) is 83.5 Å². The minimum atomic E-state index is -2.61. The van der Waals surface area contributed by atoms with Crippen molar-refractivity contribution in [2.45, 2.75) is 71.4 Å². The second kappa shape index (κ2) is 11.5. The van der Waals surface area contributed by atoms with Gasteiger partial charge in [-0.2, -0.15) is 0 Å². The van der Waals surface area contributed by atoms with Crippen molar-refractivity contribution in [2.24, 2.45) is 11.8 Å². The Bertz CT molecular complexity index is 924. The zero-order valence-corrected chi connectivity index (χ0v) is 22.7. The molecule has 0 aliphatic heterocycles. The topological polar surface area (TPSA) is 42.6 Å². The predicted molar refractivity (Wildman–Crippen MR) is 144 cm³/mol. The lowest BCUT2D eigenvalue weighted by molar-refractivity contribution is 0.0247. The number of benzene rings is 2. The van der Waals surface area contributed by atoms with Crippen LogP contribution in [-0.2, 0) is 4.43 Å². The first kappa shape index (κ1) is 26.5. The van der Waals surface area contributed by atoms with Gasteiger partial charge in [0.05, 0.1) is 12.4 Å². The average Bonchev–Trinajstić information content (AvgIpc) is 3.37. The third-order valence-electron chi connectivity index (χ3n) is 7.28. The Morgan fingerprint density at radius 1 is 0.882 bits per heavy atom. The third-order valence-corrected chi connectivity index (χ3v) is 12.3. The van der Waals surface area contributed by atoms with Gasteiger partial charge < -0.3 is 13.9 Å². The average molecular weight is 479 g/mol. The summed E-state index contributed by atoms with van der Waals surface area (Å²) in [6, 6.07) is 25.4. The zero-order valence-electron chi connectivity index (χ0n) is 21.7. The molecule has 0 bridgehead atoms. The van der Waals surface area contributed by atoms with E-state index in [9.17, 15) is 5.11 Å². The Hall–Kier alpha value is -2.14. The molecule has 184 valence electrons. The van der Waals surface area contributed by atoms with Crippen molar-refractivity contribution in [3.63, 3.8) is 0 Å². The molecule has 0 fully saturated rings. The number of furan rings is 1. The monoisotopic (exact) mass is 478 g/mol. The first-order chi connectivity index (χ1) is 16.2. The Balaban J connectivity index is 1.86. The molecule has 0 saturated heterocycles. The molecule has 0 aliphatic carbocycles. The largest absolute Gasteiger partial charge is 0.469 e. The van der Waals surface area contributed by atoms with Crippen LogP contribution in [-0.4, -0.2) is 26.1 Å². The van der Waals surface area contributed by atoms with Gasteiger partial charge in [0.2, 0.25) is 0 Å². The Labute approximate surface area is 207 Å². The highest BCUT2D eigenvalue weighted by Crippen LogP contribution is 2.38. The molecule has 4 heteroatoms. The number of rotatable bonds is 11. The quantitative estimate of drug-likeness (QED) is 0.326. The Morgan fingerprint density at radius 3 is 1.88 bits per heavy atom. The molecule has 0 unspecified atom stereocenters. The third kappa shape index (κ3) is 5.73. The van der Waals surface area contributed by atoms with Crippen molar-refractivity contribution < 1.29 is 13.9 Å². The van der Waals surface area contributed by atoms with E-state index in [1.54, 1.807) is 6.26 Å². The lowest BCUT2D eigenvalue weighted by Gasteiger charge is -2.44. The molecule has 2 aromatic carbocycles. The van der Waals surface area contributed by atoms with Crippen LogP contribution in [0.5, 0.6) is 0 Å². The van der Waals surface area contributed by atoms with E-state index in [2.05, 4.69) is 102 Å². The fourth-order valence-corrected chi connectivity index (χ4v) is 9.92. The normalized spacial score (nSPS) is 16.1. The van der Waals surface area contributed by atoms with Crippen molar-refractivity contribution in [1.82, 2.24) is 0 Å². The molecule has 4 atom stereocenters. The number of hydrogen-bond donors (Lipinski definition) is 1. The van der Waals surface area contributed by atoms with E-state index in [0.717, 1.165) is 18.6 Å². The highest BCUT2D eigenvalue weighted by Gasteiger charge is 2.50. The smallest absolute Gasteiger partial charge is 0.261 e. The van der Waals surface area contributed by atoms with Gasteiger partial charge in [0, 0.05) is 18.4 Å². The fraction of sp³-hybridized carbons (Fsp3) is 0.467. The lowest BCUT2D eigenvalue weighted by Crippen LogP contribution is -2.67.